The molecule has 3 N–H and O–H groups in total. The molecule has 1 saturated carbocycles. The number of hydrogen-bond acceptors (Lipinski definition) is 6. The van der Waals surface area contributed by atoms with E-state index in [0.29, 0.717) is 24.3 Å². The molecule has 8 nitrogen and oxygen atoms in total. The van der Waals surface area contributed by atoms with E-state index in [1.54, 1.807) is 0 Å². The first kappa shape index (κ1) is 21.4. The number of anilines is 2. The Morgan fingerprint density at radius 1 is 1.09 bits per heavy atom. The van der Waals surface area contributed by atoms with E-state index < -0.39 is 0 Å². The molecule has 1 aliphatic heterocycles. The van der Waals surface area contributed by atoms with Gasteiger partial charge >= 0.3 is 0 Å². The van der Waals surface area contributed by atoms with E-state index in [4.69, 9.17) is 9.97 Å². The zero-order valence-electron chi connectivity index (χ0n) is 20.1. The summed E-state index contributed by atoms with van der Waals surface area (Å²) in [5.74, 6) is 3.56. The molecule has 1 saturated heterocycles. The molecule has 0 spiro atoms. The number of pyridine rings is 1. The Hall–Kier alpha value is -3.13. The van der Waals surface area contributed by atoms with Crippen molar-refractivity contribution in [2.75, 3.05) is 30.3 Å². The van der Waals surface area contributed by atoms with Crippen molar-refractivity contribution in [2.45, 2.75) is 57.9 Å². The number of nitrogens with zero attached hydrogens (tertiary/aromatic N) is 5. The summed E-state index contributed by atoms with van der Waals surface area (Å²) in [7, 11) is 0. The Morgan fingerprint density at radius 3 is 2.74 bits per heavy atom. The maximum absolute atomic E-state index is 4.96. The van der Waals surface area contributed by atoms with Crippen molar-refractivity contribution < 1.29 is 0 Å². The van der Waals surface area contributed by atoms with Gasteiger partial charge in [-0.2, -0.15) is 9.61 Å². The van der Waals surface area contributed by atoms with Crippen LogP contribution < -0.4 is 16.0 Å². The van der Waals surface area contributed by atoms with Gasteiger partial charge in [0.25, 0.3) is 0 Å². The molecular formula is C26H34N8. The molecule has 0 radical (unpaired) electrons. The number of fused-ring (bicyclic) bond motifs is 2. The molecule has 1 aliphatic carbocycles. The van der Waals surface area contributed by atoms with Crippen LogP contribution in [-0.2, 0) is 6.54 Å². The molecule has 2 fully saturated rings. The first-order valence-corrected chi connectivity index (χ1v) is 12.7. The first-order chi connectivity index (χ1) is 16.7. The maximum atomic E-state index is 4.96. The van der Waals surface area contributed by atoms with E-state index in [9.17, 15) is 0 Å². The summed E-state index contributed by atoms with van der Waals surface area (Å²) >= 11 is 0. The second kappa shape index (κ2) is 8.91. The van der Waals surface area contributed by atoms with Gasteiger partial charge in [-0.3, -0.25) is 0 Å². The van der Waals surface area contributed by atoms with Gasteiger partial charge in [0.2, 0.25) is 0 Å². The number of piperidine rings is 1. The summed E-state index contributed by atoms with van der Waals surface area (Å²) in [5.41, 5.74) is 5.57. The summed E-state index contributed by atoms with van der Waals surface area (Å²) in [6, 6.07) is 6.43. The topological polar surface area (TPSA) is 83.6 Å². The predicted molar refractivity (Wildman–Crippen MR) is 136 cm³/mol. The van der Waals surface area contributed by atoms with Crippen LogP contribution in [0.2, 0.25) is 0 Å². The quantitative estimate of drug-likeness (QED) is 0.363. The largest absolute Gasteiger partial charge is 0.370 e. The summed E-state index contributed by atoms with van der Waals surface area (Å²) < 4.78 is 4.08. The van der Waals surface area contributed by atoms with E-state index >= 15 is 0 Å². The summed E-state index contributed by atoms with van der Waals surface area (Å²) in [5, 5.41) is 15.3. The molecular weight excluding hydrogens is 424 g/mol. The SMILES string of the molecule is CC(C)c1cnn2c(NCc3cn4cccc(C5CC5)c4n3)cc(NCC3CCNCC3)nc12. The van der Waals surface area contributed by atoms with Gasteiger partial charge in [0.1, 0.15) is 17.3 Å². The number of nitrogens with one attached hydrogen (secondary N) is 3. The second-order valence-corrected chi connectivity index (χ2v) is 10.1. The third-order valence-electron chi connectivity index (χ3n) is 7.18. The minimum absolute atomic E-state index is 0.358. The monoisotopic (exact) mass is 458 g/mol. The van der Waals surface area contributed by atoms with Crippen LogP contribution in [0.15, 0.2) is 36.8 Å². The molecule has 4 aromatic rings. The number of hydrogen-bond donors (Lipinski definition) is 3. The van der Waals surface area contributed by atoms with E-state index in [1.807, 2.05) is 10.7 Å². The maximum Gasteiger partial charge on any atom is 0.163 e. The Balaban J connectivity index is 1.26. The highest BCUT2D eigenvalue weighted by Gasteiger charge is 2.26. The van der Waals surface area contributed by atoms with Gasteiger partial charge in [0.05, 0.1) is 18.4 Å². The Labute approximate surface area is 200 Å². The third-order valence-corrected chi connectivity index (χ3v) is 7.18. The molecule has 5 heterocycles. The van der Waals surface area contributed by atoms with Crippen molar-refractivity contribution in [1.29, 1.82) is 0 Å². The molecule has 8 heteroatoms. The highest BCUT2D eigenvalue weighted by molar-refractivity contribution is 5.61. The van der Waals surface area contributed by atoms with Crippen LogP contribution in [0.3, 0.4) is 0 Å². The number of imidazole rings is 1. The average Bonchev–Trinajstić information content (AvgIpc) is 3.46. The zero-order valence-corrected chi connectivity index (χ0v) is 20.1. The van der Waals surface area contributed by atoms with Gasteiger partial charge in [-0.15, -0.1) is 0 Å². The Bertz CT molecular complexity index is 1290. The van der Waals surface area contributed by atoms with Gasteiger partial charge in [-0.05, 0) is 68.2 Å². The van der Waals surface area contributed by atoms with Crippen molar-refractivity contribution in [3.05, 3.63) is 53.6 Å². The highest BCUT2D eigenvalue weighted by Crippen LogP contribution is 2.41. The van der Waals surface area contributed by atoms with Gasteiger partial charge in [0, 0.05) is 30.6 Å². The van der Waals surface area contributed by atoms with Crippen molar-refractivity contribution in [2.24, 2.45) is 5.92 Å². The van der Waals surface area contributed by atoms with Crippen molar-refractivity contribution in [3.63, 3.8) is 0 Å². The predicted octanol–water partition coefficient (Wildman–Crippen LogP) is 4.40. The second-order valence-electron chi connectivity index (χ2n) is 10.1. The summed E-state index contributed by atoms with van der Waals surface area (Å²) in [6.45, 7) is 8.17. The molecule has 2 aliphatic rings. The Morgan fingerprint density at radius 2 is 1.94 bits per heavy atom. The lowest BCUT2D eigenvalue weighted by atomic mass is 9.98. The van der Waals surface area contributed by atoms with Crippen molar-refractivity contribution in [1.82, 2.24) is 29.3 Å². The third kappa shape index (κ3) is 4.22. The van der Waals surface area contributed by atoms with Crippen LogP contribution in [0.4, 0.5) is 11.6 Å². The van der Waals surface area contributed by atoms with Crippen LogP contribution in [0, 0.1) is 5.92 Å². The minimum Gasteiger partial charge on any atom is -0.370 e. The summed E-state index contributed by atoms with van der Waals surface area (Å²) in [4.78, 5) is 9.90. The van der Waals surface area contributed by atoms with Crippen LogP contribution in [0.1, 0.15) is 68.2 Å². The van der Waals surface area contributed by atoms with E-state index in [2.05, 4.69) is 69.9 Å². The molecule has 4 aromatic heterocycles. The lowest BCUT2D eigenvalue weighted by Gasteiger charge is -2.23. The van der Waals surface area contributed by atoms with Gasteiger partial charge in [-0.1, -0.05) is 19.9 Å². The zero-order chi connectivity index (χ0) is 23.1. The van der Waals surface area contributed by atoms with E-state index in [0.717, 1.165) is 53.8 Å². The number of aromatic nitrogens is 5. The lowest BCUT2D eigenvalue weighted by molar-refractivity contribution is 0.389. The molecule has 0 bridgehead atoms. The lowest BCUT2D eigenvalue weighted by Crippen LogP contribution is -2.31. The van der Waals surface area contributed by atoms with E-state index in [1.165, 1.54) is 31.2 Å². The standard InChI is InChI=1S/C26H34N8/c1-17(2)22-15-30-34-24(12-23(32-26(22)34)28-13-18-7-9-27-10-8-18)29-14-20-16-33-11-3-4-21(19-5-6-19)25(33)31-20/h3-4,11-12,15-19,27,29H,5-10,13-14H2,1-2H3,(H,28,32). The molecule has 0 amide bonds. The number of rotatable bonds is 8. The molecule has 34 heavy (non-hydrogen) atoms. The fraction of sp³-hybridized carbons (Fsp3) is 0.500. The van der Waals surface area contributed by atoms with Crippen molar-refractivity contribution in [3.8, 4) is 0 Å². The first-order valence-electron chi connectivity index (χ1n) is 12.7. The van der Waals surface area contributed by atoms with Crippen LogP contribution >= 0.6 is 0 Å². The van der Waals surface area contributed by atoms with Crippen LogP contribution in [0.25, 0.3) is 11.3 Å². The minimum atomic E-state index is 0.358. The van der Waals surface area contributed by atoms with E-state index in [-0.39, 0.29) is 0 Å². The highest BCUT2D eigenvalue weighted by atomic mass is 15.3. The average molecular weight is 459 g/mol. The molecule has 0 atom stereocenters. The molecule has 0 aromatic carbocycles. The smallest absolute Gasteiger partial charge is 0.163 e. The van der Waals surface area contributed by atoms with Crippen LogP contribution in [-0.4, -0.2) is 43.6 Å². The molecule has 6 rings (SSSR count). The van der Waals surface area contributed by atoms with Gasteiger partial charge in [0.15, 0.2) is 5.65 Å². The van der Waals surface area contributed by atoms with Gasteiger partial charge < -0.3 is 20.4 Å². The fourth-order valence-electron chi connectivity index (χ4n) is 5.00. The normalized spacial score (nSPS) is 17.1. The Kier molecular flexibility index (Phi) is 5.61. The van der Waals surface area contributed by atoms with Crippen molar-refractivity contribution >= 4 is 22.9 Å². The summed E-state index contributed by atoms with van der Waals surface area (Å²) in [6.07, 6.45) is 11.1. The molecule has 0 unspecified atom stereocenters. The van der Waals surface area contributed by atoms with Gasteiger partial charge in [-0.25, -0.2) is 9.97 Å². The molecule has 178 valence electrons. The van der Waals surface area contributed by atoms with Crippen LogP contribution in [0.5, 0.6) is 0 Å². The fourth-order valence-corrected chi connectivity index (χ4v) is 5.00.